The maximum Gasteiger partial charge on any atom is 0.241 e. The SMILES string of the molecule is COc1ccc(N2C(=O)CN(CCc3ccccc3OC)C3CS(=O)(=O)CC32)cc1Cl. The average molecular weight is 465 g/mol. The van der Waals surface area contributed by atoms with Gasteiger partial charge in [-0.25, -0.2) is 8.42 Å². The molecule has 9 heteroatoms. The number of rotatable bonds is 6. The minimum absolute atomic E-state index is 0.0389. The predicted molar refractivity (Wildman–Crippen MR) is 120 cm³/mol. The van der Waals surface area contributed by atoms with E-state index in [1.54, 1.807) is 30.2 Å². The first-order valence-electron chi connectivity index (χ1n) is 10.0. The minimum Gasteiger partial charge on any atom is -0.496 e. The quantitative estimate of drug-likeness (QED) is 0.653. The predicted octanol–water partition coefficient (Wildman–Crippen LogP) is 2.41. The van der Waals surface area contributed by atoms with Crippen LogP contribution in [0.15, 0.2) is 42.5 Å². The zero-order valence-electron chi connectivity index (χ0n) is 17.5. The third-order valence-corrected chi connectivity index (χ3v) is 7.97. The number of para-hydroxylation sites is 1. The summed E-state index contributed by atoms with van der Waals surface area (Å²) in [5.74, 6) is 1.13. The maximum atomic E-state index is 13.1. The fraction of sp³-hybridized carbons (Fsp3) is 0.409. The Morgan fingerprint density at radius 1 is 1.03 bits per heavy atom. The first-order chi connectivity index (χ1) is 14.8. The van der Waals surface area contributed by atoms with Gasteiger partial charge in [-0.1, -0.05) is 29.8 Å². The van der Waals surface area contributed by atoms with Crippen LogP contribution in [0.1, 0.15) is 5.56 Å². The molecule has 0 aromatic heterocycles. The molecule has 2 fully saturated rings. The highest BCUT2D eigenvalue weighted by Gasteiger charge is 2.49. The summed E-state index contributed by atoms with van der Waals surface area (Å²) in [4.78, 5) is 16.7. The van der Waals surface area contributed by atoms with Crippen LogP contribution in [0.4, 0.5) is 5.69 Å². The number of halogens is 1. The third-order valence-electron chi connectivity index (χ3n) is 5.98. The fourth-order valence-electron chi connectivity index (χ4n) is 4.52. The van der Waals surface area contributed by atoms with Crippen molar-refractivity contribution in [3.63, 3.8) is 0 Å². The molecule has 0 bridgehead atoms. The van der Waals surface area contributed by atoms with Gasteiger partial charge in [-0.3, -0.25) is 9.69 Å². The lowest BCUT2D eigenvalue weighted by molar-refractivity contribution is -0.123. The standard InChI is InChI=1S/C22H25ClN2O5S/c1-29-20-6-4-3-5-15(20)9-10-24-12-22(26)25(19-14-31(27,28)13-18(19)24)16-7-8-21(30-2)17(23)11-16/h3-8,11,18-19H,9-10,12-14H2,1-2H3. The smallest absolute Gasteiger partial charge is 0.241 e. The van der Waals surface area contributed by atoms with E-state index >= 15 is 0 Å². The summed E-state index contributed by atoms with van der Waals surface area (Å²) in [5, 5.41) is 0.379. The number of anilines is 1. The van der Waals surface area contributed by atoms with Gasteiger partial charge in [0.1, 0.15) is 11.5 Å². The molecule has 0 spiro atoms. The van der Waals surface area contributed by atoms with E-state index in [2.05, 4.69) is 0 Å². The Morgan fingerprint density at radius 3 is 2.45 bits per heavy atom. The van der Waals surface area contributed by atoms with Crippen molar-refractivity contribution in [2.75, 3.05) is 43.7 Å². The van der Waals surface area contributed by atoms with Crippen LogP contribution in [0, 0.1) is 0 Å². The van der Waals surface area contributed by atoms with E-state index in [0.29, 0.717) is 29.4 Å². The van der Waals surface area contributed by atoms with Crippen molar-refractivity contribution >= 4 is 33.0 Å². The zero-order chi connectivity index (χ0) is 22.2. The number of fused-ring (bicyclic) bond motifs is 1. The average Bonchev–Trinajstić information content (AvgIpc) is 3.07. The van der Waals surface area contributed by atoms with E-state index < -0.39 is 15.9 Å². The molecule has 0 radical (unpaired) electrons. The number of hydrogen-bond acceptors (Lipinski definition) is 6. The van der Waals surface area contributed by atoms with Gasteiger partial charge >= 0.3 is 0 Å². The van der Waals surface area contributed by atoms with Crippen LogP contribution in [0.3, 0.4) is 0 Å². The number of piperazine rings is 1. The van der Waals surface area contributed by atoms with Crippen molar-refractivity contribution in [3.05, 3.63) is 53.1 Å². The molecule has 2 aliphatic rings. The van der Waals surface area contributed by atoms with Crippen LogP contribution in [-0.2, 0) is 21.1 Å². The fourth-order valence-corrected chi connectivity index (χ4v) is 6.75. The van der Waals surface area contributed by atoms with E-state index in [4.69, 9.17) is 21.1 Å². The second-order valence-electron chi connectivity index (χ2n) is 7.83. The number of nitrogens with zero attached hydrogens (tertiary/aromatic N) is 2. The summed E-state index contributed by atoms with van der Waals surface area (Å²) in [5.41, 5.74) is 1.62. The van der Waals surface area contributed by atoms with Crippen molar-refractivity contribution < 1.29 is 22.7 Å². The number of amides is 1. The lowest BCUT2D eigenvalue weighted by atomic mass is 10.0. The molecule has 166 valence electrons. The Bertz CT molecular complexity index is 1090. The first kappa shape index (κ1) is 21.9. The molecule has 2 aliphatic heterocycles. The monoisotopic (exact) mass is 464 g/mol. The second kappa shape index (κ2) is 8.68. The number of hydrogen-bond donors (Lipinski definition) is 0. The molecule has 7 nitrogen and oxygen atoms in total. The molecule has 1 amide bonds. The number of sulfone groups is 1. The van der Waals surface area contributed by atoms with Crippen molar-refractivity contribution in [3.8, 4) is 11.5 Å². The number of carbonyl (C=O) groups excluding carboxylic acids is 1. The van der Waals surface area contributed by atoms with Crippen LogP contribution < -0.4 is 14.4 Å². The number of benzene rings is 2. The molecular weight excluding hydrogens is 440 g/mol. The van der Waals surface area contributed by atoms with Crippen LogP contribution in [0.5, 0.6) is 11.5 Å². The molecular formula is C22H25ClN2O5S. The summed E-state index contributed by atoms with van der Waals surface area (Å²) in [6.07, 6.45) is 0.662. The van der Waals surface area contributed by atoms with Crippen molar-refractivity contribution in [1.82, 2.24) is 4.90 Å². The van der Waals surface area contributed by atoms with Crippen LogP contribution in [0.2, 0.25) is 5.02 Å². The van der Waals surface area contributed by atoms with Gasteiger partial charge in [0.25, 0.3) is 0 Å². The minimum atomic E-state index is -3.26. The van der Waals surface area contributed by atoms with Gasteiger partial charge in [-0.2, -0.15) is 0 Å². The van der Waals surface area contributed by atoms with E-state index in [-0.39, 0.29) is 30.0 Å². The summed E-state index contributed by atoms with van der Waals surface area (Å²) >= 11 is 6.27. The molecule has 2 heterocycles. The molecule has 2 atom stereocenters. The Morgan fingerprint density at radius 2 is 1.74 bits per heavy atom. The van der Waals surface area contributed by atoms with E-state index in [1.807, 2.05) is 29.2 Å². The van der Waals surface area contributed by atoms with Gasteiger partial charge in [-0.05, 0) is 36.2 Å². The molecule has 2 aromatic rings. The van der Waals surface area contributed by atoms with Crippen LogP contribution in [0.25, 0.3) is 0 Å². The van der Waals surface area contributed by atoms with Gasteiger partial charge in [0, 0.05) is 18.3 Å². The van der Waals surface area contributed by atoms with E-state index in [0.717, 1.165) is 11.3 Å². The van der Waals surface area contributed by atoms with E-state index in [1.165, 1.54) is 7.11 Å². The Hall–Kier alpha value is -2.29. The highest BCUT2D eigenvalue weighted by molar-refractivity contribution is 7.91. The molecule has 0 saturated carbocycles. The third kappa shape index (κ3) is 4.37. The van der Waals surface area contributed by atoms with Gasteiger partial charge in [0.05, 0.1) is 43.3 Å². The zero-order valence-corrected chi connectivity index (χ0v) is 19.0. The Kier molecular flexibility index (Phi) is 6.14. The molecule has 4 rings (SSSR count). The maximum absolute atomic E-state index is 13.1. The molecule has 0 aliphatic carbocycles. The van der Waals surface area contributed by atoms with Gasteiger partial charge in [0.15, 0.2) is 9.84 Å². The molecule has 2 unspecified atom stereocenters. The lowest BCUT2D eigenvalue weighted by Crippen LogP contribution is -2.62. The highest BCUT2D eigenvalue weighted by atomic mass is 35.5. The van der Waals surface area contributed by atoms with Crippen molar-refractivity contribution in [2.45, 2.75) is 18.5 Å². The molecule has 2 saturated heterocycles. The number of ether oxygens (including phenoxy) is 2. The van der Waals surface area contributed by atoms with Crippen molar-refractivity contribution in [2.24, 2.45) is 0 Å². The Balaban J connectivity index is 1.60. The lowest BCUT2D eigenvalue weighted by Gasteiger charge is -2.43. The topological polar surface area (TPSA) is 76.2 Å². The van der Waals surface area contributed by atoms with E-state index in [9.17, 15) is 13.2 Å². The Labute approximate surface area is 187 Å². The first-order valence-corrected chi connectivity index (χ1v) is 12.2. The summed E-state index contributed by atoms with van der Waals surface area (Å²) < 4.78 is 35.7. The van der Waals surface area contributed by atoms with Crippen molar-refractivity contribution in [1.29, 1.82) is 0 Å². The van der Waals surface area contributed by atoms with Crippen LogP contribution in [-0.4, -0.2) is 70.1 Å². The molecule has 2 aromatic carbocycles. The molecule has 31 heavy (non-hydrogen) atoms. The number of carbonyl (C=O) groups is 1. The summed E-state index contributed by atoms with van der Waals surface area (Å²) in [6.45, 7) is 0.718. The van der Waals surface area contributed by atoms with Gasteiger partial charge < -0.3 is 14.4 Å². The highest BCUT2D eigenvalue weighted by Crippen LogP contribution is 2.35. The van der Waals surface area contributed by atoms with Gasteiger partial charge in [0.2, 0.25) is 5.91 Å². The largest absolute Gasteiger partial charge is 0.496 e. The summed E-state index contributed by atoms with van der Waals surface area (Å²) in [7, 11) is -0.117. The molecule has 0 N–H and O–H groups in total. The van der Waals surface area contributed by atoms with Crippen LogP contribution >= 0.6 is 11.6 Å². The summed E-state index contributed by atoms with van der Waals surface area (Å²) in [6, 6.07) is 12.1. The number of methoxy groups -OCH3 is 2. The normalized spacial score (nSPS) is 22.9. The van der Waals surface area contributed by atoms with Gasteiger partial charge in [-0.15, -0.1) is 0 Å². The second-order valence-corrected chi connectivity index (χ2v) is 10.4.